The summed E-state index contributed by atoms with van der Waals surface area (Å²) in [7, 11) is 0. The van der Waals surface area contributed by atoms with Crippen LogP contribution in [-0.4, -0.2) is 11.3 Å². The van der Waals surface area contributed by atoms with Gasteiger partial charge in [0.25, 0.3) is 0 Å². The van der Waals surface area contributed by atoms with E-state index in [0.717, 1.165) is 0 Å². The van der Waals surface area contributed by atoms with Gasteiger partial charge in [0.15, 0.2) is 0 Å². The van der Waals surface area contributed by atoms with Crippen molar-refractivity contribution in [3.8, 4) is 16.8 Å². The Morgan fingerprint density at radius 1 is 0.404 bits per heavy atom. The smallest absolute Gasteiger partial charge is 0.242 e. The Labute approximate surface area is 337 Å². The molecule has 9 aromatic rings. The summed E-state index contributed by atoms with van der Waals surface area (Å²) in [6.07, 6.45) is 0. The van der Waals surface area contributed by atoms with Gasteiger partial charge in [-0.15, -0.1) is 0 Å². The minimum atomic E-state index is -0.558. The molecule has 0 bridgehead atoms. The number of nitrogens with zero attached hydrogens (tertiary/aromatic N) is 1. The molecule has 1 aromatic heterocycles. The van der Waals surface area contributed by atoms with Crippen LogP contribution in [-0.2, 0) is 5.41 Å². The zero-order chi connectivity index (χ0) is 39.0. The van der Waals surface area contributed by atoms with E-state index in [4.69, 9.17) is 0 Å². The summed E-state index contributed by atoms with van der Waals surface area (Å²) in [5, 5.41) is 2.54. The van der Waals surface area contributed by atoms with Crippen molar-refractivity contribution < 1.29 is 0 Å². The largest absolute Gasteiger partial charge is 0.309 e. The van der Waals surface area contributed by atoms with Gasteiger partial charge in [-0.1, -0.05) is 195 Å². The predicted molar refractivity (Wildman–Crippen MR) is 244 cm³/mol. The highest BCUT2D eigenvalue weighted by atomic mass is 15.0. The Kier molecular flexibility index (Phi) is 8.24. The number of benzene rings is 8. The Morgan fingerprint density at radius 3 is 1.32 bits per heavy atom. The molecule has 0 fully saturated rings. The third kappa shape index (κ3) is 5.31. The molecule has 8 aromatic carbocycles. The number of aromatic nitrogens is 1. The van der Waals surface area contributed by atoms with Crippen molar-refractivity contribution in [1.29, 1.82) is 0 Å². The van der Waals surface area contributed by atoms with E-state index in [9.17, 15) is 0 Å². The first-order valence-corrected chi connectivity index (χ1v) is 20.3. The van der Waals surface area contributed by atoms with Crippen molar-refractivity contribution in [3.63, 3.8) is 0 Å². The van der Waals surface area contributed by atoms with Gasteiger partial charge in [-0.25, -0.2) is 0 Å². The van der Waals surface area contributed by atoms with Crippen molar-refractivity contribution >= 4 is 44.9 Å². The second-order valence-electron chi connectivity index (χ2n) is 16.4. The quantitative estimate of drug-likeness (QED) is 0.150. The third-order valence-corrected chi connectivity index (χ3v) is 12.8. The number of fused-ring (bicyclic) bond motifs is 6. The molecule has 1 nitrogen and oxygen atoms in total. The zero-order valence-electron chi connectivity index (χ0n) is 33.7. The van der Waals surface area contributed by atoms with Crippen molar-refractivity contribution in [2.24, 2.45) is 0 Å². The highest BCUT2D eigenvalue weighted by Crippen LogP contribution is 2.56. The lowest BCUT2D eigenvalue weighted by Gasteiger charge is -2.35. The summed E-state index contributed by atoms with van der Waals surface area (Å²) in [6, 6.07) is 64.2. The Bertz CT molecular complexity index is 2830. The SMILES string of the molecule is Cc1cc(C)c(B(c2ccc3c(c2)C(c2ccccc2)(c2ccccc2)c2cc(-n4c5ccccc5c5ccccc54)ccc2-3)c2c(C)cc(C)cc2C)c(C)c1. The third-order valence-electron chi connectivity index (χ3n) is 12.8. The van der Waals surface area contributed by atoms with E-state index < -0.39 is 5.41 Å². The summed E-state index contributed by atoms with van der Waals surface area (Å²) in [5.74, 6) is 0. The van der Waals surface area contributed by atoms with Crippen LogP contribution < -0.4 is 16.4 Å². The van der Waals surface area contributed by atoms with Crippen molar-refractivity contribution in [2.75, 3.05) is 0 Å². The number of hydrogen-bond donors (Lipinski definition) is 0. The standard InChI is InChI=1S/C55H46BN/c1-35-29-37(3)53(38(4)30-35)56(54-39(5)31-36(2)32-40(54)6)43-25-27-45-46-28-26-44(57-51-23-15-13-21-47(51)48-22-14-16-24-52(48)57)34-50(46)55(49(45)33-43,41-17-9-7-10-18-41)42-19-11-8-12-20-42/h7-34H,1-6H3. The summed E-state index contributed by atoms with van der Waals surface area (Å²) in [5.41, 5.74) is 22.9. The summed E-state index contributed by atoms with van der Waals surface area (Å²) >= 11 is 0. The number of rotatable bonds is 6. The van der Waals surface area contributed by atoms with E-state index in [1.54, 1.807) is 0 Å². The fraction of sp³-hybridized carbons (Fsp3) is 0.127. The first kappa shape index (κ1) is 35.1. The van der Waals surface area contributed by atoms with Crippen LogP contribution in [0.2, 0.25) is 0 Å². The molecule has 1 aliphatic carbocycles. The van der Waals surface area contributed by atoms with E-state index in [1.165, 1.54) is 111 Å². The van der Waals surface area contributed by atoms with Crippen LogP contribution in [0.5, 0.6) is 0 Å². The van der Waals surface area contributed by atoms with Crippen LogP contribution in [0.3, 0.4) is 0 Å². The molecule has 10 rings (SSSR count). The van der Waals surface area contributed by atoms with Crippen molar-refractivity contribution in [3.05, 3.63) is 225 Å². The van der Waals surface area contributed by atoms with Crippen LogP contribution in [0.1, 0.15) is 55.6 Å². The second kappa shape index (κ2) is 13.4. The molecule has 2 heteroatoms. The summed E-state index contributed by atoms with van der Waals surface area (Å²) in [6.45, 7) is 13.7. The van der Waals surface area contributed by atoms with E-state index >= 15 is 0 Å². The molecule has 0 N–H and O–H groups in total. The first-order valence-electron chi connectivity index (χ1n) is 20.3. The van der Waals surface area contributed by atoms with E-state index in [-0.39, 0.29) is 6.71 Å². The Balaban J connectivity index is 1.30. The summed E-state index contributed by atoms with van der Waals surface area (Å²) < 4.78 is 2.46. The molecule has 0 radical (unpaired) electrons. The fourth-order valence-corrected chi connectivity index (χ4v) is 10.8. The monoisotopic (exact) mass is 731 g/mol. The summed E-state index contributed by atoms with van der Waals surface area (Å²) in [4.78, 5) is 0. The fourth-order valence-electron chi connectivity index (χ4n) is 10.8. The molecule has 1 aliphatic rings. The van der Waals surface area contributed by atoms with Gasteiger partial charge in [-0.2, -0.15) is 0 Å². The minimum Gasteiger partial charge on any atom is -0.309 e. The first-order chi connectivity index (χ1) is 27.8. The van der Waals surface area contributed by atoms with Crippen LogP contribution >= 0.6 is 0 Å². The van der Waals surface area contributed by atoms with Crippen molar-refractivity contribution in [1.82, 2.24) is 4.57 Å². The number of hydrogen-bond acceptors (Lipinski definition) is 0. The van der Waals surface area contributed by atoms with Gasteiger partial charge in [0.05, 0.1) is 16.4 Å². The van der Waals surface area contributed by atoms with E-state index in [1.807, 2.05) is 0 Å². The minimum absolute atomic E-state index is 0.0672. The molecule has 0 aliphatic heterocycles. The van der Waals surface area contributed by atoms with Gasteiger partial charge in [0.1, 0.15) is 0 Å². The molecule has 0 saturated heterocycles. The molecule has 0 saturated carbocycles. The molecular formula is C55H46BN. The van der Waals surface area contributed by atoms with Gasteiger partial charge in [0.2, 0.25) is 6.71 Å². The highest BCUT2D eigenvalue weighted by molar-refractivity contribution is 6.96. The maximum absolute atomic E-state index is 2.58. The normalized spacial score (nSPS) is 12.9. The maximum atomic E-state index is 2.58. The maximum Gasteiger partial charge on any atom is 0.242 e. The lowest BCUT2D eigenvalue weighted by Crippen LogP contribution is -2.56. The number of para-hydroxylation sites is 2. The molecule has 0 atom stereocenters. The average Bonchev–Trinajstić information content (AvgIpc) is 3.70. The van der Waals surface area contributed by atoms with Crippen LogP contribution in [0.4, 0.5) is 0 Å². The topological polar surface area (TPSA) is 4.93 Å². The average molecular weight is 732 g/mol. The molecule has 1 heterocycles. The number of aryl methyl sites for hydroxylation is 6. The van der Waals surface area contributed by atoms with Gasteiger partial charge < -0.3 is 4.57 Å². The second-order valence-corrected chi connectivity index (χ2v) is 16.4. The highest BCUT2D eigenvalue weighted by Gasteiger charge is 2.47. The van der Waals surface area contributed by atoms with Gasteiger partial charge in [0, 0.05) is 16.5 Å². The molecule has 57 heavy (non-hydrogen) atoms. The Morgan fingerprint density at radius 2 is 0.825 bits per heavy atom. The van der Waals surface area contributed by atoms with Gasteiger partial charge in [-0.05, 0) is 99.2 Å². The van der Waals surface area contributed by atoms with E-state index in [2.05, 4.69) is 216 Å². The zero-order valence-corrected chi connectivity index (χ0v) is 33.7. The molecule has 0 spiro atoms. The van der Waals surface area contributed by atoms with Crippen molar-refractivity contribution in [2.45, 2.75) is 47.0 Å². The lowest BCUT2D eigenvalue weighted by molar-refractivity contribution is 0.768. The molecular weight excluding hydrogens is 685 g/mol. The predicted octanol–water partition coefficient (Wildman–Crippen LogP) is 11.5. The molecule has 0 unspecified atom stereocenters. The van der Waals surface area contributed by atoms with Crippen LogP contribution in [0.25, 0.3) is 38.6 Å². The lowest BCUT2D eigenvalue weighted by atomic mass is 9.34. The Hall–Kier alpha value is -6.38. The van der Waals surface area contributed by atoms with Crippen LogP contribution in [0, 0.1) is 41.5 Å². The van der Waals surface area contributed by atoms with Gasteiger partial charge >= 0.3 is 0 Å². The van der Waals surface area contributed by atoms with Crippen LogP contribution in [0.15, 0.2) is 170 Å². The van der Waals surface area contributed by atoms with E-state index in [0.29, 0.717) is 0 Å². The molecule has 274 valence electrons. The molecule has 0 amide bonds. The van der Waals surface area contributed by atoms with Gasteiger partial charge in [-0.3, -0.25) is 0 Å².